The Morgan fingerprint density at radius 1 is 1.12 bits per heavy atom. The number of aromatic hydroxyl groups is 1. The quantitative estimate of drug-likeness (QED) is 0.812. The lowest BCUT2D eigenvalue weighted by Gasteiger charge is -2.42. The van der Waals surface area contributed by atoms with Gasteiger partial charge in [-0.3, -0.25) is 9.69 Å². The number of nitrogens with one attached hydrogen (secondary N) is 1. The molecule has 2 aromatic carbocycles. The van der Waals surface area contributed by atoms with Gasteiger partial charge in [0.05, 0.1) is 0 Å². The lowest BCUT2D eigenvalue weighted by Crippen LogP contribution is -2.52. The van der Waals surface area contributed by atoms with Gasteiger partial charge in [-0.1, -0.05) is 36.4 Å². The molecule has 1 amide bonds. The van der Waals surface area contributed by atoms with Crippen LogP contribution >= 0.6 is 0 Å². The van der Waals surface area contributed by atoms with Gasteiger partial charge in [-0.25, -0.2) is 0 Å². The van der Waals surface area contributed by atoms with E-state index in [1.807, 2.05) is 31.2 Å². The third kappa shape index (κ3) is 3.63. The van der Waals surface area contributed by atoms with Gasteiger partial charge in [0, 0.05) is 30.3 Å². The number of amides is 1. The molecule has 2 N–H and O–H groups in total. The van der Waals surface area contributed by atoms with E-state index in [-0.39, 0.29) is 17.7 Å². The van der Waals surface area contributed by atoms with E-state index in [1.165, 1.54) is 0 Å². The van der Waals surface area contributed by atoms with Crippen LogP contribution in [-0.4, -0.2) is 41.3 Å². The number of phenols is 1. The number of benzene rings is 2. The van der Waals surface area contributed by atoms with E-state index in [0.717, 1.165) is 19.1 Å². The Labute approximate surface area is 153 Å². The van der Waals surface area contributed by atoms with Crippen molar-refractivity contribution in [3.8, 4) is 5.75 Å². The van der Waals surface area contributed by atoms with Crippen LogP contribution in [0.4, 0.5) is 0 Å². The molecular weight excluding hydrogens is 328 g/mol. The number of hydrogen-bond donors (Lipinski definition) is 2. The molecular formula is C21H24N2O3. The second-order valence-corrected chi connectivity index (χ2v) is 6.88. The van der Waals surface area contributed by atoms with Crippen molar-refractivity contribution in [2.45, 2.75) is 31.3 Å². The normalized spacial score (nSPS) is 18.0. The molecule has 5 heteroatoms. The summed E-state index contributed by atoms with van der Waals surface area (Å²) < 4.78 is 0. The molecule has 0 aromatic heterocycles. The molecule has 0 bridgehead atoms. The highest BCUT2D eigenvalue weighted by Crippen LogP contribution is 2.34. The summed E-state index contributed by atoms with van der Waals surface area (Å²) in [6.45, 7) is 3.17. The second-order valence-electron chi connectivity index (χ2n) is 6.88. The molecule has 1 heterocycles. The van der Waals surface area contributed by atoms with Crippen LogP contribution in [0.1, 0.15) is 35.7 Å². The Morgan fingerprint density at radius 3 is 2.35 bits per heavy atom. The first kappa shape index (κ1) is 18.1. The number of phenolic OH excluding ortho intramolecular Hbond substituents is 1. The predicted molar refractivity (Wildman–Crippen MR) is 100 cm³/mol. The predicted octanol–water partition coefficient (Wildman–Crippen LogP) is 2.70. The number of carbonyl (C=O) groups is 2. The van der Waals surface area contributed by atoms with E-state index in [9.17, 15) is 14.7 Å². The fourth-order valence-electron chi connectivity index (χ4n) is 3.56. The maximum Gasteiger partial charge on any atom is 0.251 e. The molecule has 0 saturated carbocycles. The maximum atomic E-state index is 12.3. The van der Waals surface area contributed by atoms with Gasteiger partial charge in [-0.2, -0.15) is 0 Å². The number of nitrogens with zero attached hydrogens (tertiary/aromatic N) is 1. The zero-order valence-corrected chi connectivity index (χ0v) is 14.9. The monoisotopic (exact) mass is 352 g/mol. The Kier molecular flexibility index (Phi) is 5.38. The van der Waals surface area contributed by atoms with E-state index in [1.54, 1.807) is 30.3 Å². The molecule has 1 aliphatic heterocycles. The number of aldehydes is 1. The van der Waals surface area contributed by atoms with Crippen LogP contribution in [0.2, 0.25) is 0 Å². The summed E-state index contributed by atoms with van der Waals surface area (Å²) in [5, 5.41) is 13.2. The van der Waals surface area contributed by atoms with Gasteiger partial charge < -0.3 is 15.2 Å². The number of piperidine rings is 1. The maximum absolute atomic E-state index is 12.3. The van der Waals surface area contributed by atoms with E-state index >= 15 is 0 Å². The van der Waals surface area contributed by atoms with Crippen molar-refractivity contribution in [3.05, 3.63) is 65.7 Å². The summed E-state index contributed by atoms with van der Waals surface area (Å²) in [6.07, 6.45) is 2.41. The summed E-state index contributed by atoms with van der Waals surface area (Å²) in [5.41, 5.74) is 0.392. The molecule has 1 fully saturated rings. The summed E-state index contributed by atoms with van der Waals surface area (Å²) in [7, 11) is 0. The first-order valence-corrected chi connectivity index (χ1v) is 8.90. The third-order valence-corrected chi connectivity index (χ3v) is 5.20. The molecule has 5 nitrogen and oxygen atoms in total. The molecule has 1 unspecified atom stereocenters. The van der Waals surface area contributed by atoms with Crippen molar-refractivity contribution in [2.75, 3.05) is 13.1 Å². The number of likely N-dealkylation sites (tertiary alicyclic amines) is 1. The number of para-hydroxylation sites is 1. The SMILES string of the molecule is CC(C=O)(c1ccccc1O)N1CCC(NC(=O)c2ccccc2)CC1. The van der Waals surface area contributed by atoms with E-state index in [4.69, 9.17) is 0 Å². The van der Waals surface area contributed by atoms with Crippen LogP contribution in [0.15, 0.2) is 54.6 Å². The second kappa shape index (κ2) is 7.70. The fourth-order valence-corrected chi connectivity index (χ4v) is 3.56. The van der Waals surface area contributed by atoms with E-state index in [2.05, 4.69) is 10.2 Å². The number of hydrogen-bond acceptors (Lipinski definition) is 4. The highest BCUT2D eigenvalue weighted by atomic mass is 16.3. The zero-order chi connectivity index (χ0) is 18.6. The van der Waals surface area contributed by atoms with E-state index in [0.29, 0.717) is 24.2 Å². The van der Waals surface area contributed by atoms with Crippen molar-refractivity contribution in [3.63, 3.8) is 0 Å². The van der Waals surface area contributed by atoms with Gasteiger partial charge in [-0.05, 0) is 38.0 Å². The minimum atomic E-state index is -0.875. The molecule has 26 heavy (non-hydrogen) atoms. The molecule has 1 saturated heterocycles. The van der Waals surface area contributed by atoms with Crippen molar-refractivity contribution in [1.82, 2.24) is 10.2 Å². The third-order valence-electron chi connectivity index (χ3n) is 5.20. The summed E-state index contributed by atoms with van der Waals surface area (Å²) in [5.74, 6) is 0.0597. The van der Waals surface area contributed by atoms with Gasteiger partial charge >= 0.3 is 0 Å². The van der Waals surface area contributed by atoms with Crippen LogP contribution in [0.25, 0.3) is 0 Å². The zero-order valence-electron chi connectivity index (χ0n) is 14.9. The lowest BCUT2D eigenvalue weighted by molar-refractivity contribution is -0.119. The van der Waals surface area contributed by atoms with E-state index < -0.39 is 5.54 Å². The molecule has 0 radical (unpaired) electrons. The molecule has 136 valence electrons. The molecule has 0 aliphatic carbocycles. The minimum Gasteiger partial charge on any atom is -0.508 e. The molecule has 1 aliphatic rings. The Balaban J connectivity index is 1.65. The topological polar surface area (TPSA) is 69.6 Å². The average molecular weight is 352 g/mol. The van der Waals surface area contributed by atoms with Crippen LogP contribution in [0.5, 0.6) is 5.75 Å². The van der Waals surface area contributed by atoms with Crippen molar-refractivity contribution >= 4 is 12.2 Å². The highest BCUT2D eigenvalue weighted by Gasteiger charge is 2.37. The molecule has 0 spiro atoms. The smallest absolute Gasteiger partial charge is 0.251 e. The first-order chi connectivity index (χ1) is 12.5. The van der Waals surface area contributed by atoms with Crippen molar-refractivity contribution < 1.29 is 14.7 Å². The molecule has 1 atom stereocenters. The Hall–Kier alpha value is -2.66. The van der Waals surface area contributed by atoms with Gasteiger partial charge in [0.15, 0.2) is 0 Å². The number of rotatable bonds is 5. The van der Waals surface area contributed by atoms with Crippen LogP contribution < -0.4 is 5.32 Å². The average Bonchev–Trinajstić information content (AvgIpc) is 2.69. The lowest BCUT2D eigenvalue weighted by atomic mass is 9.88. The first-order valence-electron chi connectivity index (χ1n) is 8.90. The summed E-state index contributed by atoms with van der Waals surface area (Å²) in [6, 6.07) is 16.2. The van der Waals surface area contributed by atoms with Gasteiger partial charge in [0.1, 0.15) is 17.6 Å². The fraction of sp³-hybridized carbons (Fsp3) is 0.333. The van der Waals surface area contributed by atoms with Crippen LogP contribution in [-0.2, 0) is 10.3 Å². The van der Waals surface area contributed by atoms with Crippen molar-refractivity contribution in [2.24, 2.45) is 0 Å². The van der Waals surface area contributed by atoms with Crippen LogP contribution in [0, 0.1) is 0 Å². The number of carbonyl (C=O) groups excluding carboxylic acids is 2. The highest BCUT2D eigenvalue weighted by molar-refractivity contribution is 5.94. The van der Waals surface area contributed by atoms with Gasteiger partial charge in [0.2, 0.25) is 0 Å². The van der Waals surface area contributed by atoms with Crippen molar-refractivity contribution in [1.29, 1.82) is 0 Å². The Bertz CT molecular complexity index is 770. The van der Waals surface area contributed by atoms with Gasteiger partial charge in [0.25, 0.3) is 5.91 Å². The largest absolute Gasteiger partial charge is 0.508 e. The van der Waals surface area contributed by atoms with Crippen LogP contribution in [0.3, 0.4) is 0 Å². The Morgan fingerprint density at radius 2 is 1.73 bits per heavy atom. The summed E-state index contributed by atoms with van der Waals surface area (Å²) in [4.78, 5) is 26.3. The minimum absolute atomic E-state index is 0.0668. The standard InChI is InChI=1S/C21H24N2O3/c1-21(15-24,18-9-5-6-10-19(18)25)23-13-11-17(12-14-23)22-20(26)16-7-3-2-4-8-16/h2-10,15,17,25H,11-14H2,1H3,(H,22,26). The molecule has 3 rings (SSSR count). The molecule has 2 aromatic rings. The van der Waals surface area contributed by atoms with Gasteiger partial charge in [-0.15, -0.1) is 0 Å². The summed E-state index contributed by atoms with van der Waals surface area (Å²) >= 11 is 0.